The van der Waals surface area contributed by atoms with Crippen LogP contribution >= 0.6 is 0 Å². The molecule has 27 heavy (non-hydrogen) atoms. The standard InChI is InChI=1S/C22H33N3O2/c1-16(2)23-22(27)19-10-6-7-11-20(19)25-14-12-18(13-15-25)24-21(26)17-8-4-3-5-9-17/h6-7,10-11,16-18H,3-5,8-9,12-15H2,1-2H3,(H,23,27)(H,24,26). The van der Waals surface area contributed by atoms with E-state index >= 15 is 0 Å². The SMILES string of the molecule is CC(C)NC(=O)c1ccccc1N1CCC(NC(=O)C2CCCCC2)CC1. The minimum Gasteiger partial charge on any atom is -0.371 e. The molecule has 2 fully saturated rings. The zero-order valence-corrected chi connectivity index (χ0v) is 16.7. The summed E-state index contributed by atoms with van der Waals surface area (Å²) in [6, 6.07) is 8.19. The Morgan fingerprint density at radius 1 is 1.00 bits per heavy atom. The number of nitrogens with one attached hydrogen (secondary N) is 2. The molecule has 1 aliphatic heterocycles. The van der Waals surface area contributed by atoms with Crippen molar-refractivity contribution in [3.63, 3.8) is 0 Å². The van der Waals surface area contributed by atoms with Crippen LogP contribution in [0.25, 0.3) is 0 Å². The Balaban J connectivity index is 1.56. The quantitative estimate of drug-likeness (QED) is 0.833. The van der Waals surface area contributed by atoms with Crippen LogP contribution in [0.3, 0.4) is 0 Å². The van der Waals surface area contributed by atoms with Crippen molar-refractivity contribution in [2.45, 2.75) is 70.9 Å². The Bertz CT molecular complexity index is 645. The summed E-state index contributed by atoms with van der Waals surface area (Å²) < 4.78 is 0. The molecule has 5 heteroatoms. The van der Waals surface area contributed by atoms with Gasteiger partial charge in [0.2, 0.25) is 5.91 Å². The Morgan fingerprint density at radius 2 is 1.67 bits per heavy atom. The average Bonchev–Trinajstić information content (AvgIpc) is 2.69. The second-order valence-electron chi connectivity index (χ2n) is 8.25. The highest BCUT2D eigenvalue weighted by Crippen LogP contribution is 2.26. The van der Waals surface area contributed by atoms with Gasteiger partial charge in [-0.15, -0.1) is 0 Å². The fourth-order valence-corrected chi connectivity index (χ4v) is 4.23. The number of hydrogen-bond acceptors (Lipinski definition) is 3. The van der Waals surface area contributed by atoms with Crippen molar-refractivity contribution in [3.8, 4) is 0 Å². The molecule has 1 saturated heterocycles. The zero-order valence-electron chi connectivity index (χ0n) is 16.7. The molecule has 2 aliphatic rings. The number of carbonyl (C=O) groups excluding carboxylic acids is 2. The lowest BCUT2D eigenvalue weighted by atomic mass is 9.88. The molecule has 0 aromatic heterocycles. The minimum atomic E-state index is -0.0201. The summed E-state index contributed by atoms with van der Waals surface area (Å²) >= 11 is 0. The van der Waals surface area contributed by atoms with Gasteiger partial charge in [0.1, 0.15) is 0 Å². The molecule has 0 atom stereocenters. The van der Waals surface area contributed by atoms with Crippen LogP contribution in [-0.4, -0.2) is 37.0 Å². The molecule has 1 aromatic rings. The topological polar surface area (TPSA) is 61.4 Å². The van der Waals surface area contributed by atoms with Crippen molar-refractivity contribution in [1.82, 2.24) is 10.6 Å². The van der Waals surface area contributed by atoms with Crippen LogP contribution in [0.4, 0.5) is 5.69 Å². The third kappa shape index (κ3) is 5.24. The first-order chi connectivity index (χ1) is 13.0. The summed E-state index contributed by atoms with van der Waals surface area (Å²) in [5.74, 6) is 0.454. The Morgan fingerprint density at radius 3 is 2.33 bits per heavy atom. The van der Waals surface area contributed by atoms with Crippen LogP contribution in [0.5, 0.6) is 0 Å². The number of para-hydroxylation sites is 1. The van der Waals surface area contributed by atoms with Gasteiger partial charge in [0, 0.05) is 36.8 Å². The van der Waals surface area contributed by atoms with E-state index in [9.17, 15) is 9.59 Å². The molecule has 3 rings (SSSR count). The molecule has 1 heterocycles. The van der Waals surface area contributed by atoms with Gasteiger partial charge in [-0.25, -0.2) is 0 Å². The molecule has 0 bridgehead atoms. The van der Waals surface area contributed by atoms with Crippen molar-refractivity contribution in [2.75, 3.05) is 18.0 Å². The molecule has 1 saturated carbocycles. The highest BCUT2D eigenvalue weighted by Gasteiger charge is 2.27. The number of nitrogens with zero attached hydrogens (tertiary/aromatic N) is 1. The molecule has 148 valence electrons. The number of amides is 2. The van der Waals surface area contributed by atoms with Crippen LogP contribution in [0.15, 0.2) is 24.3 Å². The van der Waals surface area contributed by atoms with E-state index in [0.717, 1.165) is 50.0 Å². The number of rotatable bonds is 5. The number of anilines is 1. The monoisotopic (exact) mass is 371 g/mol. The number of carbonyl (C=O) groups is 2. The minimum absolute atomic E-state index is 0.0201. The first-order valence-corrected chi connectivity index (χ1v) is 10.5. The van der Waals surface area contributed by atoms with Gasteiger partial charge >= 0.3 is 0 Å². The van der Waals surface area contributed by atoms with Crippen LogP contribution in [0.2, 0.25) is 0 Å². The summed E-state index contributed by atoms with van der Waals surface area (Å²) in [6.07, 6.45) is 7.59. The lowest BCUT2D eigenvalue weighted by Crippen LogP contribution is -2.47. The number of benzene rings is 1. The maximum atomic E-state index is 12.5. The molecule has 0 spiro atoms. The third-order valence-corrected chi connectivity index (χ3v) is 5.73. The zero-order chi connectivity index (χ0) is 19.2. The highest BCUT2D eigenvalue weighted by molar-refractivity contribution is 6.00. The van der Waals surface area contributed by atoms with Gasteiger partial charge in [0.15, 0.2) is 0 Å². The summed E-state index contributed by atoms with van der Waals surface area (Å²) in [6.45, 7) is 5.67. The van der Waals surface area contributed by atoms with E-state index in [4.69, 9.17) is 0 Å². The second kappa shape index (κ2) is 9.25. The van der Waals surface area contributed by atoms with Gasteiger partial charge < -0.3 is 15.5 Å². The van der Waals surface area contributed by atoms with E-state index in [1.165, 1.54) is 19.3 Å². The number of hydrogen-bond donors (Lipinski definition) is 2. The second-order valence-corrected chi connectivity index (χ2v) is 8.25. The molecule has 0 radical (unpaired) electrons. The van der Waals surface area contributed by atoms with E-state index in [0.29, 0.717) is 0 Å². The Kier molecular flexibility index (Phi) is 6.75. The fourth-order valence-electron chi connectivity index (χ4n) is 4.23. The van der Waals surface area contributed by atoms with Gasteiger partial charge in [-0.1, -0.05) is 31.4 Å². The van der Waals surface area contributed by atoms with E-state index in [1.54, 1.807) is 0 Å². The predicted molar refractivity (Wildman–Crippen MR) is 109 cm³/mol. The van der Waals surface area contributed by atoms with Gasteiger partial charge in [-0.05, 0) is 51.7 Å². The van der Waals surface area contributed by atoms with Crippen LogP contribution in [0.1, 0.15) is 69.2 Å². The van der Waals surface area contributed by atoms with E-state index < -0.39 is 0 Å². The van der Waals surface area contributed by atoms with Crippen LogP contribution < -0.4 is 15.5 Å². The molecular formula is C22H33N3O2. The van der Waals surface area contributed by atoms with Crippen molar-refractivity contribution in [2.24, 2.45) is 5.92 Å². The largest absolute Gasteiger partial charge is 0.371 e. The molecule has 5 nitrogen and oxygen atoms in total. The maximum Gasteiger partial charge on any atom is 0.253 e. The Hall–Kier alpha value is -2.04. The van der Waals surface area contributed by atoms with E-state index in [-0.39, 0.29) is 29.8 Å². The van der Waals surface area contributed by atoms with E-state index in [2.05, 4.69) is 15.5 Å². The fraction of sp³-hybridized carbons (Fsp3) is 0.636. The molecular weight excluding hydrogens is 338 g/mol. The predicted octanol–water partition coefficient (Wildman–Crippen LogP) is 3.49. The maximum absolute atomic E-state index is 12.5. The van der Waals surface area contributed by atoms with Crippen molar-refractivity contribution >= 4 is 17.5 Å². The van der Waals surface area contributed by atoms with Gasteiger partial charge in [-0.2, -0.15) is 0 Å². The average molecular weight is 372 g/mol. The first kappa shape index (κ1) is 19.7. The highest BCUT2D eigenvalue weighted by atomic mass is 16.2. The first-order valence-electron chi connectivity index (χ1n) is 10.5. The van der Waals surface area contributed by atoms with Crippen molar-refractivity contribution in [3.05, 3.63) is 29.8 Å². The molecule has 1 aromatic carbocycles. The van der Waals surface area contributed by atoms with Gasteiger partial charge in [-0.3, -0.25) is 9.59 Å². The lowest BCUT2D eigenvalue weighted by Gasteiger charge is -2.35. The summed E-state index contributed by atoms with van der Waals surface area (Å²) in [5, 5.41) is 6.27. The van der Waals surface area contributed by atoms with Crippen LogP contribution in [0, 0.1) is 5.92 Å². The summed E-state index contributed by atoms with van der Waals surface area (Å²) in [7, 11) is 0. The lowest BCUT2D eigenvalue weighted by molar-refractivity contribution is -0.126. The summed E-state index contributed by atoms with van der Waals surface area (Å²) in [5.41, 5.74) is 1.73. The van der Waals surface area contributed by atoms with Crippen molar-refractivity contribution in [1.29, 1.82) is 0 Å². The van der Waals surface area contributed by atoms with Crippen LogP contribution in [-0.2, 0) is 4.79 Å². The molecule has 1 aliphatic carbocycles. The summed E-state index contributed by atoms with van der Waals surface area (Å²) in [4.78, 5) is 27.3. The Labute approximate surface area is 162 Å². The number of piperidine rings is 1. The molecule has 0 unspecified atom stereocenters. The normalized spacial score (nSPS) is 19.1. The van der Waals surface area contributed by atoms with Crippen molar-refractivity contribution < 1.29 is 9.59 Å². The van der Waals surface area contributed by atoms with Gasteiger partial charge in [0.25, 0.3) is 5.91 Å². The third-order valence-electron chi connectivity index (χ3n) is 5.73. The van der Waals surface area contributed by atoms with Gasteiger partial charge in [0.05, 0.1) is 5.56 Å². The molecule has 2 amide bonds. The smallest absolute Gasteiger partial charge is 0.253 e. The molecule has 2 N–H and O–H groups in total. The van der Waals surface area contributed by atoms with E-state index in [1.807, 2.05) is 38.1 Å².